The number of aliphatic hydroxyl groups is 1. The van der Waals surface area contributed by atoms with Crippen LogP contribution in [0.4, 0.5) is 0 Å². The summed E-state index contributed by atoms with van der Waals surface area (Å²) in [6, 6.07) is 0.321. The minimum absolute atomic E-state index is 0.251. The molecule has 0 radical (unpaired) electrons. The van der Waals surface area contributed by atoms with E-state index in [9.17, 15) is 5.11 Å². The van der Waals surface area contributed by atoms with E-state index in [1.807, 2.05) is 0 Å². The smallest absolute Gasteiger partial charge is 0.0905 e. The van der Waals surface area contributed by atoms with Crippen molar-refractivity contribution in [3.05, 3.63) is 0 Å². The molecule has 2 unspecified atom stereocenters. The molecule has 1 rings (SSSR count). The normalized spacial score (nSPS) is 28.1. The number of nitrogens with two attached hydrogens (primary N) is 1. The summed E-state index contributed by atoms with van der Waals surface area (Å²) in [5.74, 6) is 0.857. The van der Waals surface area contributed by atoms with Gasteiger partial charge in [0.25, 0.3) is 0 Å². The third-order valence-corrected chi connectivity index (χ3v) is 3.08. The summed E-state index contributed by atoms with van der Waals surface area (Å²) in [6.07, 6.45) is 2.77. The maximum absolute atomic E-state index is 9.21. The zero-order chi connectivity index (χ0) is 10.6. The van der Waals surface area contributed by atoms with E-state index in [4.69, 9.17) is 11.1 Å². The lowest BCUT2D eigenvalue weighted by molar-refractivity contribution is 0.139. The summed E-state index contributed by atoms with van der Waals surface area (Å²) in [5, 5.41) is 16.3. The summed E-state index contributed by atoms with van der Waals surface area (Å²) >= 11 is 0. The molecule has 0 aliphatic carbocycles. The largest absolute Gasteiger partial charge is 0.395 e. The van der Waals surface area contributed by atoms with E-state index >= 15 is 0 Å². The fourth-order valence-corrected chi connectivity index (χ4v) is 2.13. The van der Waals surface area contributed by atoms with Gasteiger partial charge >= 0.3 is 0 Å². The fourth-order valence-electron chi connectivity index (χ4n) is 2.13. The van der Waals surface area contributed by atoms with Crippen LogP contribution in [0.3, 0.4) is 0 Å². The highest BCUT2D eigenvalue weighted by Gasteiger charge is 2.29. The van der Waals surface area contributed by atoms with Crippen molar-refractivity contribution >= 4 is 5.84 Å². The Kier molecular flexibility index (Phi) is 4.35. The fraction of sp³-hybridized carbons (Fsp3) is 0.900. The van der Waals surface area contributed by atoms with Gasteiger partial charge in [-0.1, -0.05) is 6.92 Å². The summed E-state index contributed by atoms with van der Waals surface area (Å²) in [4.78, 5) is 2.31. The predicted molar refractivity (Wildman–Crippen MR) is 57.4 cm³/mol. The second kappa shape index (κ2) is 5.32. The van der Waals surface area contributed by atoms with E-state index in [0.717, 1.165) is 19.5 Å². The van der Waals surface area contributed by atoms with Crippen LogP contribution >= 0.6 is 0 Å². The Labute approximate surface area is 85.6 Å². The first-order valence-corrected chi connectivity index (χ1v) is 5.33. The minimum atomic E-state index is 0.251. The molecule has 4 nitrogen and oxygen atoms in total. The predicted octanol–water partition coefficient (Wildman–Crippen LogP) is 0.405. The van der Waals surface area contributed by atoms with Gasteiger partial charge in [-0.05, 0) is 31.8 Å². The Morgan fingerprint density at radius 2 is 2.36 bits per heavy atom. The van der Waals surface area contributed by atoms with Crippen molar-refractivity contribution in [2.45, 2.75) is 32.2 Å². The summed E-state index contributed by atoms with van der Waals surface area (Å²) in [5.41, 5.74) is 5.29. The molecule has 1 heterocycles. The minimum Gasteiger partial charge on any atom is -0.395 e. The summed E-state index contributed by atoms with van der Waals surface area (Å²) in [6.45, 7) is 4.46. The second-order valence-electron chi connectivity index (χ2n) is 4.18. The molecule has 1 aliphatic heterocycles. The van der Waals surface area contributed by atoms with Gasteiger partial charge in [-0.2, -0.15) is 0 Å². The zero-order valence-electron chi connectivity index (χ0n) is 8.87. The SMILES string of the molecule is CC1CCN(CCCC(=N)N)C1CO. The van der Waals surface area contributed by atoms with Gasteiger partial charge in [0.15, 0.2) is 0 Å². The molecule has 82 valence electrons. The average molecular weight is 199 g/mol. The van der Waals surface area contributed by atoms with Crippen LogP contribution in [0.5, 0.6) is 0 Å². The van der Waals surface area contributed by atoms with Crippen LogP contribution in [-0.2, 0) is 0 Å². The van der Waals surface area contributed by atoms with E-state index in [-0.39, 0.29) is 12.4 Å². The highest BCUT2D eigenvalue weighted by Crippen LogP contribution is 2.23. The topological polar surface area (TPSA) is 73.3 Å². The van der Waals surface area contributed by atoms with Gasteiger partial charge in [0.1, 0.15) is 0 Å². The first-order chi connectivity index (χ1) is 6.65. The van der Waals surface area contributed by atoms with Crippen molar-refractivity contribution < 1.29 is 5.11 Å². The second-order valence-corrected chi connectivity index (χ2v) is 4.18. The Bertz CT molecular complexity index is 196. The quantitative estimate of drug-likeness (QED) is 0.443. The lowest BCUT2D eigenvalue weighted by atomic mass is 10.0. The number of aliphatic hydroxyl groups excluding tert-OH is 1. The van der Waals surface area contributed by atoms with Crippen molar-refractivity contribution in [3.8, 4) is 0 Å². The van der Waals surface area contributed by atoms with E-state index in [2.05, 4.69) is 11.8 Å². The first-order valence-electron chi connectivity index (χ1n) is 5.33. The van der Waals surface area contributed by atoms with Crippen LogP contribution < -0.4 is 5.73 Å². The van der Waals surface area contributed by atoms with Gasteiger partial charge in [0.05, 0.1) is 12.4 Å². The molecule has 4 heteroatoms. The number of hydrogen-bond donors (Lipinski definition) is 3. The van der Waals surface area contributed by atoms with Gasteiger partial charge < -0.3 is 10.8 Å². The molecule has 2 atom stereocenters. The van der Waals surface area contributed by atoms with Crippen LogP contribution in [0, 0.1) is 11.3 Å². The average Bonchev–Trinajstić information content (AvgIpc) is 2.46. The third kappa shape index (κ3) is 2.96. The first kappa shape index (κ1) is 11.5. The van der Waals surface area contributed by atoms with Crippen LogP contribution in [-0.4, -0.2) is 41.6 Å². The Hall–Kier alpha value is -0.610. The van der Waals surface area contributed by atoms with Gasteiger partial charge in [0.2, 0.25) is 0 Å². The van der Waals surface area contributed by atoms with Crippen molar-refractivity contribution in [2.24, 2.45) is 11.7 Å². The van der Waals surface area contributed by atoms with E-state index in [1.54, 1.807) is 0 Å². The number of hydrogen-bond acceptors (Lipinski definition) is 3. The van der Waals surface area contributed by atoms with E-state index in [1.165, 1.54) is 6.42 Å². The molecule has 1 aliphatic rings. The molecule has 0 saturated carbocycles. The van der Waals surface area contributed by atoms with Crippen LogP contribution in [0.2, 0.25) is 0 Å². The Morgan fingerprint density at radius 1 is 1.64 bits per heavy atom. The number of nitrogens with one attached hydrogen (secondary N) is 1. The number of nitrogens with zero attached hydrogens (tertiary/aromatic N) is 1. The molecule has 14 heavy (non-hydrogen) atoms. The molecule has 0 aromatic carbocycles. The lowest BCUT2D eigenvalue weighted by Crippen LogP contribution is -2.36. The molecule has 4 N–H and O–H groups in total. The summed E-state index contributed by atoms with van der Waals surface area (Å²) in [7, 11) is 0. The highest BCUT2D eigenvalue weighted by atomic mass is 16.3. The molecule has 0 aromatic heterocycles. The van der Waals surface area contributed by atoms with Crippen molar-refractivity contribution in [2.75, 3.05) is 19.7 Å². The molecule has 1 saturated heterocycles. The van der Waals surface area contributed by atoms with Gasteiger partial charge in [-0.25, -0.2) is 0 Å². The Balaban J connectivity index is 2.26. The van der Waals surface area contributed by atoms with Crippen LogP contribution in [0.1, 0.15) is 26.2 Å². The molecule has 0 spiro atoms. The highest BCUT2D eigenvalue weighted by molar-refractivity contribution is 5.76. The molecular weight excluding hydrogens is 178 g/mol. The van der Waals surface area contributed by atoms with Gasteiger partial charge in [-0.3, -0.25) is 10.3 Å². The third-order valence-electron chi connectivity index (χ3n) is 3.08. The van der Waals surface area contributed by atoms with E-state index in [0.29, 0.717) is 18.4 Å². The van der Waals surface area contributed by atoms with Crippen molar-refractivity contribution in [1.82, 2.24) is 4.90 Å². The number of likely N-dealkylation sites (tertiary alicyclic amines) is 1. The van der Waals surface area contributed by atoms with Crippen molar-refractivity contribution in [1.29, 1.82) is 5.41 Å². The summed E-state index contributed by atoms with van der Waals surface area (Å²) < 4.78 is 0. The maximum Gasteiger partial charge on any atom is 0.0905 e. The molecule has 0 bridgehead atoms. The van der Waals surface area contributed by atoms with E-state index < -0.39 is 0 Å². The maximum atomic E-state index is 9.21. The molecular formula is C10H21N3O. The monoisotopic (exact) mass is 199 g/mol. The Morgan fingerprint density at radius 3 is 2.93 bits per heavy atom. The van der Waals surface area contributed by atoms with Crippen LogP contribution in [0.15, 0.2) is 0 Å². The standard InChI is InChI=1S/C10H21N3O/c1-8-4-6-13(9(8)7-14)5-2-3-10(11)12/h8-9,14H,2-7H2,1H3,(H3,11,12). The lowest BCUT2D eigenvalue weighted by Gasteiger charge is -2.24. The van der Waals surface area contributed by atoms with Gasteiger partial charge in [-0.15, -0.1) is 0 Å². The number of rotatable bonds is 5. The van der Waals surface area contributed by atoms with Crippen LogP contribution in [0.25, 0.3) is 0 Å². The van der Waals surface area contributed by atoms with Crippen molar-refractivity contribution in [3.63, 3.8) is 0 Å². The zero-order valence-corrected chi connectivity index (χ0v) is 8.87. The number of amidine groups is 1. The van der Waals surface area contributed by atoms with Gasteiger partial charge in [0, 0.05) is 12.5 Å². The molecule has 0 aromatic rings. The molecule has 1 fully saturated rings. The molecule has 0 amide bonds.